The van der Waals surface area contributed by atoms with Gasteiger partial charge in [-0.2, -0.15) is 0 Å². The molecule has 0 spiro atoms. The average molecular weight is 364 g/mol. The second-order valence-electron chi connectivity index (χ2n) is 7.08. The Morgan fingerprint density at radius 3 is 2.88 bits per heavy atom. The van der Waals surface area contributed by atoms with Crippen LogP contribution >= 0.6 is 11.6 Å². The van der Waals surface area contributed by atoms with E-state index in [1.54, 1.807) is 11.1 Å². The lowest BCUT2D eigenvalue weighted by molar-refractivity contribution is -0.0337. The number of piperidine rings is 1. The smallest absolute Gasteiger partial charge is 0.413 e. The van der Waals surface area contributed by atoms with Gasteiger partial charge in [-0.3, -0.25) is 4.90 Å². The SMILES string of the molecule is CC(C)(C)OC(=O)N1CCCCC1Oc1cccc2cnc(Cl)nc12. The Morgan fingerprint density at radius 2 is 2.12 bits per heavy atom. The van der Waals surface area contributed by atoms with Crippen LogP contribution in [0.3, 0.4) is 0 Å². The van der Waals surface area contributed by atoms with Gasteiger partial charge in [0.05, 0.1) is 0 Å². The molecule has 2 aromatic rings. The topological polar surface area (TPSA) is 64.5 Å². The summed E-state index contributed by atoms with van der Waals surface area (Å²) in [5, 5.41) is 0.998. The van der Waals surface area contributed by atoms with Gasteiger partial charge in [-0.25, -0.2) is 14.8 Å². The normalized spacial score (nSPS) is 18.2. The number of ether oxygens (including phenoxy) is 2. The summed E-state index contributed by atoms with van der Waals surface area (Å²) >= 11 is 5.92. The van der Waals surface area contributed by atoms with E-state index in [9.17, 15) is 4.79 Å². The van der Waals surface area contributed by atoms with E-state index < -0.39 is 5.60 Å². The largest absolute Gasteiger partial charge is 0.468 e. The van der Waals surface area contributed by atoms with Gasteiger partial charge in [0.1, 0.15) is 16.9 Å². The molecule has 1 fully saturated rings. The van der Waals surface area contributed by atoms with E-state index in [2.05, 4.69) is 9.97 Å². The number of nitrogens with zero attached hydrogens (tertiary/aromatic N) is 3. The van der Waals surface area contributed by atoms with Crippen molar-refractivity contribution in [3.05, 3.63) is 29.7 Å². The van der Waals surface area contributed by atoms with Gasteiger partial charge in [-0.15, -0.1) is 0 Å². The van der Waals surface area contributed by atoms with Crippen LogP contribution in [-0.4, -0.2) is 39.3 Å². The minimum absolute atomic E-state index is 0.163. The highest BCUT2D eigenvalue weighted by molar-refractivity contribution is 6.28. The monoisotopic (exact) mass is 363 g/mol. The van der Waals surface area contributed by atoms with E-state index >= 15 is 0 Å². The summed E-state index contributed by atoms with van der Waals surface area (Å²) in [4.78, 5) is 22.4. The van der Waals surface area contributed by atoms with Crippen molar-refractivity contribution in [2.24, 2.45) is 0 Å². The van der Waals surface area contributed by atoms with Crippen LogP contribution in [0.15, 0.2) is 24.4 Å². The molecule has 1 unspecified atom stereocenters. The highest BCUT2D eigenvalue weighted by Gasteiger charge is 2.32. The third kappa shape index (κ3) is 4.31. The van der Waals surface area contributed by atoms with Crippen LogP contribution in [0.2, 0.25) is 5.28 Å². The van der Waals surface area contributed by atoms with Crippen molar-refractivity contribution >= 4 is 28.6 Å². The van der Waals surface area contributed by atoms with Crippen molar-refractivity contribution in [3.8, 4) is 5.75 Å². The van der Waals surface area contributed by atoms with E-state index in [4.69, 9.17) is 21.1 Å². The molecular weight excluding hydrogens is 342 g/mol. The number of para-hydroxylation sites is 1. The maximum atomic E-state index is 12.5. The Morgan fingerprint density at radius 1 is 1.32 bits per heavy atom. The molecule has 6 nitrogen and oxygen atoms in total. The van der Waals surface area contributed by atoms with E-state index in [1.807, 2.05) is 39.0 Å². The molecule has 134 valence electrons. The molecule has 3 rings (SSSR count). The molecule has 0 radical (unpaired) electrons. The number of carbonyl (C=O) groups is 1. The van der Waals surface area contributed by atoms with Crippen LogP contribution in [0.1, 0.15) is 40.0 Å². The van der Waals surface area contributed by atoms with Crippen LogP contribution in [0.5, 0.6) is 5.75 Å². The summed E-state index contributed by atoms with van der Waals surface area (Å²) in [6, 6.07) is 5.59. The summed E-state index contributed by atoms with van der Waals surface area (Å²) in [6.07, 6.45) is 3.58. The fraction of sp³-hybridized carbons (Fsp3) is 0.500. The third-order valence-corrected chi connectivity index (χ3v) is 4.07. The number of benzene rings is 1. The molecule has 0 bridgehead atoms. The molecule has 25 heavy (non-hydrogen) atoms. The first kappa shape index (κ1) is 17.7. The first-order chi connectivity index (χ1) is 11.8. The first-order valence-electron chi connectivity index (χ1n) is 8.41. The van der Waals surface area contributed by atoms with Crippen LogP contribution in [0.4, 0.5) is 4.79 Å². The Bertz CT molecular complexity index is 776. The van der Waals surface area contributed by atoms with Gasteiger partial charge in [0.2, 0.25) is 5.28 Å². The van der Waals surface area contributed by atoms with E-state index in [0.29, 0.717) is 17.8 Å². The molecule has 1 aromatic carbocycles. The van der Waals surface area contributed by atoms with Gasteiger partial charge in [-0.05, 0) is 51.3 Å². The maximum absolute atomic E-state index is 12.5. The second kappa shape index (κ2) is 7.04. The zero-order valence-corrected chi connectivity index (χ0v) is 15.4. The summed E-state index contributed by atoms with van der Waals surface area (Å²) < 4.78 is 11.7. The summed E-state index contributed by atoms with van der Waals surface area (Å²) in [5.74, 6) is 0.585. The molecule has 1 atom stereocenters. The molecule has 0 aliphatic carbocycles. The van der Waals surface area contributed by atoms with Gasteiger partial charge in [-0.1, -0.05) is 12.1 Å². The minimum atomic E-state index is -0.542. The Kier molecular flexibility index (Phi) is 4.99. The lowest BCUT2D eigenvalue weighted by Gasteiger charge is -2.36. The van der Waals surface area contributed by atoms with Gasteiger partial charge in [0.15, 0.2) is 6.23 Å². The van der Waals surface area contributed by atoms with E-state index in [1.165, 1.54) is 0 Å². The molecule has 1 aromatic heterocycles. The van der Waals surface area contributed by atoms with Crippen molar-refractivity contribution in [2.45, 2.75) is 51.9 Å². The number of aromatic nitrogens is 2. The average Bonchev–Trinajstić information content (AvgIpc) is 2.54. The van der Waals surface area contributed by atoms with Crippen molar-refractivity contribution < 1.29 is 14.3 Å². The molecule has 1 amide bonds. The lowest BCUT2D eigenvalue weighted by Crippen LogP contribution is -2.48. The third-order valence-electron chi connectivity index (χ3n) is 3.88. The molecule has 1 saturated heterocycles. The van der Waals surface area contributed by atoms with Gasteiger partial charge in [0, 0.05) is 24.5 Å². The molecule has 0 saturated carbocycles. The standard InChI is InChI=1S/C18H22ClN3O3/c1-18(2,3)25-17(23)22-10-5-4-9-14(22)24-13-8-6-7-12-11-20-16(19)21-15(12)13/h6-8,11,14H,4-5,9-10H2,1-3H3. The molecule has 2 heterocycles. The number of rotatable bonds is 2. The first-order valence-corrected chi connectivity index (χ1v) is 8.79. The lowest BCUT2D eigenvalue weighted by atomic mass is 10.1. The zero-order valence-electron chi connectivity index (χ0n) is 14.7. The molecule has 1 aliphatic heterocycles. The van der Waals surface area contributed by atoms with Crippen molar-refractivity contribution in [1.82, 2.24) is 14.9 Å². The Balaban J connectivity index is 1.85. The Hall–Kier alpha value is -2.08. The maximum Gasteiger partial charge on any atom is 0.413 e. The van der Waals surface area contributed by atoms with Crippen LogP contribution in [0.25, 0.3) is 10.9 Å². The van der Waals surface area contributed by atoms with Crippen molar-refractivity contribution in [3.63, 3.8) is 0 Å². The second-order valence-corrected chi connectivity index (χ2v) is 7.41. The predicted octanol–water partition coefficient (Wildman–Crippen LogP) is 4.41. The number of likely N-dealkylation sites (tertiary alicyclic amines) is 1. The van der Waals surface area contributed by atoms with Crippen LogP contribution in [-0.2, 0) is 4.74 Å². The highest BCUT2D eigenvalue weighted by atomic mass is 35.5. The molecule has 0 N–H and O–H groups in total. The molecular formula is C18H22ClN3O3. The number of hydrogen-bond donors (Lipinski definition) is 0. The van der Waals surface area contributed by atoms with Crippen LogP contribution in [0, 0.1) is 0 Å². The summed E-state index contributed by atoms with van der Waals surface area (Å²) in [6.45, 7) is 6.18. The number of amides is 1. The van der Waals surface area contributed by atoms with E-state index in [-0.39, 0.29) is 17.6 Å². The number of halogens is 1. The summed E-state index contributed by atoms with van der Waals surface area (Å²) in [5.41, 5.74) is 0.0939. The number of fused-ring (bicyclic) bond motifs is 1. The fourth-order valence-corrected chi connectivity index (χ4v) is 2.93. The number of carbonyl (C=O) groups excluding carboxylic acids is 1. The Labute approximate surface area is 152 Å². The van der Waals surface area contributed by atoms with Crippen molar-refractivity contribution in [2.75, 3.05) is 6.54 Å². The predicted molar refractivity (Wildman–Crippen MR) is 95.8 cm³/mol. The van der Waals surface area contributed by atoms with E-state index in [0.717, 1.165) is 24.6 Å². The van der Waals surface area contributed by atoms with Crippen molar-refractivity contribution in [1.29, 1.82) is 0 Å². The summed E-state index contributed by atoms with van der Waals surface area (Å²) in [7, 11) is 0. The molecule has 7 heteroatoms. The quantitative estimate of drug-likeness (QED) is 0.739. The minimum Gasteiger partial charge on any atom is -0.468 e. The van der Waals surface area contributed by atoms with Crippen LogP contribution < -0.4 is 4.74 Å². The zero-order chi connectivity index (χ0) is 18.0. The fourth-order valence-electron chi connectivity index (χ4n) is 2.80. The number of hydrogen-bond acceptors (Lipinski definition) is 5. The van der Waals surface area contributed by atoms with Gasteiger partial charge < -0.3 is 9.47 Å². The molecule has 1 aliphatic rings. The van der Waals surface area contributed by atoms with Gasteiger partial charge >= 0.3 is 6.09 Å². The van der Waals surface area contributed by atoms with Gasteiger partial charge in [0.25, 0.3) is 0 Å². The highest BCUT2D eigenvalue weighted by Crippen LogP contribution is 2.29.